The highest BCUT2D eigenvalue weighted by Gasteiger charge is 2.29. The van der Waals surface area contributed by atoms with Crippen molar-refractivity contribution < 1.29 is 4.74 Å². The van der Waals surface area contributed by atoms with Crippen molar-refractivity contribution in [3.63, 3.8) is 0 Å². The maximum Gasteiger partial charge on any atom is 0.213 e. The second-order valence-electron chi connectivity index (χ2n) is 3.87. The van der Waals surface area contributed by atoms with Gasteiger partial charge in [0.25, 0.3) is 0 Å². The minimum absolute atomic E-state index is 0.350. The normalized spacial score (nSPS) is 20.6. The summed E-state index contributed by atoms with van der Waals surface area (Å²) in [7, 11) is 1.99. The highest BCUT2D eigenvalue weighted by molar-refractivity contribution is 5.16. The van der Waals surface area contributed by atoms with Crippen molar-refractivity contribution in [1.82, 2.24) is 10.3 Å². The number of hydrogen-bond donors (Lipinski definition) is 1. The van der Waals surface area contributed by atoms with Crippen LogP contribution >= 0.6 is 0 Å². The first kappa shape index (κ1) is 16.9. The second-order valence-corrected chi connectivity index (χ2v) is 3.87. The molecule has 0 bridgehead atoms. The first-order chi connectivity index (χ1) is 8.78. The number of hydrogen-bond acceptors (Lipinski definition) is 3. The lowest BCUT2D eigenvalue weighted by Crippen LogP contribution is -2.45. The van der Waals surface area contributed by atoms with E-state index in [2.05, 4.69) is 10.3 Å². The Hall–Kier alpha value is -1.09. The van der Waals surface area contributed by atoms with Gasteiger partial charge in [-0.2, -0.15) is 0 Å². The molecule has 0 saturated heterocycles. The fraction of sp³-hybridized carbons (Fsp3) is 0.667. The summed E-state index contributed by atoms with van der Waals surface area (Å²) in [4.78, 5) is 4.21. The van der Waals surface area contributed by atoms with E-state index in [0.717, 1.165) is 18.7 Å². The lowest BCUT2D eigenvalue weighted by molar-refractivity contribution is 0.0839. The fourth-order valence-electron chi connectivity index (χ4n) is 1.59. The molecule has 0 aromatic carbocycles. The number of nitrogens with zero attached hydrogens (tertiary/aromatic N) is 1. The molecule has 3 nitrogen and oxygen atoms in total. The van der Waals surface area contributed by atoms with Crippen molar-refractivity contribution in [2.24, 2.45) is 0 Å². The Morgan fingerprint density at radius 2 is 1.78 bits per heavy atom. The number of pyridine rings is 1. The summed E-state index contributed by atoms with van der Waals surface area (Å²) in [6, 6.07) is 4.59. The molecule has 0 spiro atoms. The van der Waals surface area contributed by atoms with Crippen LogP contribution in [0.15, 0.2) is 18.3 Å². The minimum atomic E-state index is 0.350. The molecule has 104 valence electrons. The van der Waals surface area contributed by atoms with Crippen molar-refractivity contribution in [2.45, 2.75) is 59.6 Å². The van der Waals surface area contributed by atoms with Crippen molar-refractivity contribution in [1.29, 1.82) is 0 Å². The summed E-state index contributed by atoms with van der Waals surface area (Å²) in [6.45, 7) is 10.0. The average molecular weight is 252 g/mol. The van der Waals surface area contributed by atoms with Gasteiger partial charge in [0.2, 0.25) is 5.88 Å². The summed E-state index contributed by atoms with van der Waals surface area (Å²) >= 11 is 0. The predicted octanol–water partition coefficient (Wildman–Crippen LogP) is 3.57. The van der Waals surface area contributed by atoms with E-state index < -0.39 is 0 Å². The van der Waals surface area contributed by atoms with Crippen LogP contribution in [0.5, 0.6) is 5.88 Å². The third kappa shape index (κ3) is 5.50. The molecule has 0 atom stereocenters. The highest BCUT2D eigenvalue weighted by Crippen LogP contribution is 2.24. The first-order valence-corrected chi connectivity index (χ1v) is 7.04. The summed E-state index contributed by atoms with van der Waals surface area (Å²) in [5.74, 6) is 0.746. The molecule has 1 aromatic rings. The minimum Gasteiger partial charge on any atom is -0.474 e. The predicted molar refractivity (Wildman–Crippen MR) is 78.2 cm³/mol. The van der Waals surface area contributed by atoms with E-state index in [-0.39, 0.29) is 0 Å². The molecule has 0 unspecified atom stereocenters. The van der Waals surface area contributed by atoms with E-state index in [1.165, 1.54) is 5.56 Å². The molecule has 0 amide bonds. The molecule has 1 heterocycles. The lowest BCUT2D eigenvalue weighted by Gasteiger charge is -2.34. The number of aryl methyl sites for hydroxylation is 1. The quantitative estimate of drug-likeness (QED) is 0.893. The van der Waals surface area contributed by atoms with E-state index in [9.17, 15) is 0 Å². The van der Waals surface area contributed by atoms with Crippen LogP contribution in [0.25, 0.3) is 0 Å². The Kier molecular flexibility index (Phi) is 9.29. The molecular formula is C15H28N2O. The van der Waals surface area contributed by atoms with E-state index in [1.54, 1.807) is 0 Å². The van der Waals surface area contributed by atoms with Gasteiger partial charge in [0.15, 0.2) is 0 Å². The zero-order valence-electron chi connectivity index (χ0n) is 12.7. The number of rotatable bonds is 3. The number of aromatic nitrogens is 1. The summed E-state index contributed by atoms with van der Waals surface area (Å²) in [6.07, 6.45) is 4.37. The van der Waals surface area contributed by atoms with Gasteiger partial charge in [-0.3, -0.25) is 0 Å². The Morgan fingerprint density at radius 3 is 2.22 bits per heavy atom. The lowest BCUT2D eigenvalue weighted by atomic mass is 9.89. The van der Waals surface area contributed by atoms with Gasteiger partial charge >= 0.3 is 0 Å². The van der Waals surface area contributed by atoms with Crippen LogP contribution in [0, 0.1) is 6.92 Å². The summed E-state index contributed by atoms with van der Waals surface area (Å²) < 4.78 is 5.69. The van der Waals surface area contributed by atoms with Crippen LogP contribution in [-0.2, 0) is 0 Å². The molecule has 1 saturated carbocycles. The largest absolute Gasteiger partial charge is 0.474 e. The smallest absolute Gasteiger partial charge is 0.213 e. The van der Waals surface area contributed by atoms with Crippen LogP contribution in [0.4, 0.5) is 0 Å². The maximum atomic E-state index is 5.69. The van der Waals surface area contributed by atoms with Crippen LogP contribution < -0.4 is 10.1 Å². The van der Waals surface area contributed by atoms with Crippen molar-refractivity contribution >= 4 is 0 Å². The first-order valence-electron chi connectivity index (χ1n) is 7.04. The molecule has 18 heavy (non-hydrogen) atoms. The highest BCUT2D eigenvalue weighted by atomic mass is 16.5. The molecule has 1 aromatic heterocycles. The number of nitrogens with one attached hydrogen (secondary N) is 1. The van der Waals surface area contributed by atoms with E-state index in [0.29, 0.717) is 12.1 Å². The zero-order chi connectivity index (χ0) is 14.0. The van der Waals surface area contributed by atoms with Gasteiger partial charge in [-0.1, -0.05) is 33.8 Å². The van der Waals surface area contributed by atoms with Gasteiger partial charge in [-0.05, 0) is 32.4 Å². The molecular weight excluding hydrogens is 224 g/mol. The molecule has 1 fully saturated rings. The SMILES string of the molecule is CC.CC.CNC1CC(Oc2ccc(C)cn2)C1. The Bertz CT molecular complexity index is 292. The molecule has 0 radical (unpaired) electrons. The van der Waals surface area contributed by atoms with Crippen LogP contribution in [0.1, 0.15) is 46.1 Å². The Morgan fingerprint density at radius 1 is 1.17 bits per heavy atom. The Labute approximate surface area is 112 Å². The van der Waals surface area contributed by atoms with E-state index in [4.69, 9.17) is 4.74 Å². The Balaban J connectivity index is 0.000000659. The van der Waals surface area contributed by atoms with Gasteiger partial charge in [0.1, 0.15) is 6.10 Å². The maximum absolute atomic E-state index is 5.69. The molecule has 3 heteroatoms. The summed E-state index contributed by atoms with van der Waals surface area (Å²) in [5, 5.41) is 3.23. The van der Waals surface area contributed by atoms with Crippen LogP contribution in [0.2, 0.25) is 0 Å². The molecule has 2 rings (SSSR count). The second kappa shape index (κ2) is 9.89. The van der Waals surface area contributed by atoms with Crippen molar-refractivity contribution in [3.8, 4) is 5.88 Å². The molecule has 1 aliphatic carbocycles. The van der Waals surface area contributed by atoms with Gasteiger partial charge in [-0.25, -0.2) is 4.98 Å². The summed E-state index contributed by atoms with van der Waals surface area (Å²) in [5.41, 5.74) is 1.17. The number of ether oxygens (including phenoxy) is 1. The van der Waals surface area contributed by atoms with Crippen molar-refractivity contribution in [2.75, 3.05) is 7.05 Å². The zero-order valence-corrected chi connectivity index (χ0v) is 12.7. The van der Waals surface area contributed by atoms with Crippen LogP contribution in [0.3, 0.4) is 0 Å². The monoisotopic (exact) mass is 252 g/mol. The molecule has 1 N–H and O–H groups in total. The topological polar surface area (TPSA) is 34.1 Å². The van der Waals surface area contributed by atoms with Gasteiger partial charge in [-0.15, -0.1) is 0 Å². The van der Waals surface area contributed by atoms with Crippen molar-refractivity contribution in [3.05, 3.63) is 23.9 Å². The standard InChI is InChI=1S/C11H16N2O.2C2H6/c1-8-3-4-11(13-7-8)14-10-5-9(6-10)12-2;2*1-2/h3-4,7,9-10,12H,5-6H2,1-2H3;2*1-2H3. The van der Waals surface area contributed by atoms with Gasteiger partial charge < -0.3 is 10.1 Å². The van der Waals surface area contributed by atoms with E-state index >= 15 is 0 Å². The van der Waals surface area contributed by atoms with Crippen LogP contribution in [-0.4, -0.2) is 24.2 Å². The fourth-order valence-corrected chi connectivity index (χ4v) is 1.59. The van der Waals surface area contributed by atoms with E-state index in [1.807, 2.05) is 60.0 Å². The van der Waals surface area contributed by atoms with Gasteiger partial charge in [0.05, 0.1) is 0 Å². The molecule has 0 aliphatic heterocycles. The van der Waals surface area contributed by atoms with Gasteiger partial charge in [0, 0.05) is 18.3 Å². The average Bonchev–Trinajstić information content (AvgIpc) is 2.40. The third-order valence-electron chi connectivity index (χ3n) is 2.67. The molecule has 1 aliphatic rings. The third-order valence-corrected chi connectivity index (χ3v) is 2.67.